The Hall–Kier alpha value is -3.46. The van der Waals surface area contributed by atoms with Gasteiger partial charge in [-0.1, -0.05) is 13.8 Å². The van der Waals surface area contributed by atoms with E-state index in [0.717, 1.165) is 64.1 Å². The minimum atomic E-state index is -0.747. The highest BCUT2D eigenvalue weighted by molar-refractivity contribution is 5.98. The summed E-state index contributed by atoms with van der Waals surface area (Å²) in [5.74, 6) is -0.598. The molecule has 47 heavy (non-hydrogen) atoms. The van der Waals surface area contributed by atoms with Crippen molar-refractivity contribution in [1.29, 1.82) is 0 Å². The lowest BCUT2D eigenvalue weighted by Crippen LogP contribution is -2.62. The molecule has 2 fully saturated rings. The van der Waals surface area contributed by atoms with E-state index in [1.54, 1.807) is 12.0 Å². The second kappa shape index (κ2) is 16.6. The number of nitrogens with zero attached hydrogens (tertiary/aromatic N) is 6. The van der Waals surface area contributed by atoms with E-state index in [0.29, 0.717) is 37.5 Å². The van der Waals surface area contributed by atoms with Gasteiger partial charge in [0.1, 0.15) is 12.1 Å². The molecule has 2 aromatic rings. The number of methoxy groups -OCH3 is 1. The molecule has 0 saturated carbocycles. The number of carbonyl (C=O) groups is 2. The van der Waals surface area contributed by atoms with Crippen molar-refractivity contribution in [3.8, 4) is 17.4 Å². The van der Waals surface area contributed by atoms with E-state index < -0.39 is 17.8 Å². The normalized spacial score (nSPS) is 17.2. The van der Waals surface area contributed by atoms with Crippen molar-refractivity contribution in [3.63, 3.8) is 0 Å². The van der Waals surface area contributed by atoms with Crippen molar-refractivity contribution < 1.29 is 33.3 Å². The summed E-state index contributed by atoms with van der Waals surface area (Å²) in [7, 11) is 1.58. The van der Waals surface area contributed by atoms with Gasteiger partial charge >= 0.3 is 0 Å². The van der Waals surface area contributed by atoms with Gasteiger partial charge in [0.25, 0.3) is 18.3 Å². The number of benzene rings is 1. The monoisotopic (exact) mass is 659 g/mol. The first-order valence-electron chi connectivity index (χ1n) is 16.5. The maximum absolute atomic E-state index is 14.7. The Morgan fingerprint density at radius 2 is 2.00 bits per heavy atom. The van der Waals surface area contributed by atoms with Crippen LogP contribution in [0.2, 0.25) is 0 Å². The lowest BCUT2D eigenvalue weighted by atomic mass is 9.76. The fraction of sp³-hybridized carbons (Fsp3) is 0.667. The number of likely N-dealkylation sites (tertiary alicyclic amines) is 1. The maximum Gasteiger partial charge on any atom is 0.298 e. The quantitative estimate of drug-likeness (QED) is 0.179. The van der Waals surface area contributed by atoms with Crippen molar-refractivity contribution in [2.75, 3.05) is 64.4 Å². The highest BCUT2D eigenvalue weighted by Gasteiger charge is 2.50. The summed E-state index contributed by atoms with van der Waals surface area (Å²) in [6.07, 6.45) is 3.89. The molecule has 14 heteroatoms. The summed E-state index contributed by atoms with van der Waals surface area (Å²) in [6, 6.07) is 2.36. The van der Waals surface area contributed by atoms with Gasteiger partial charge in [-0.2, -0.15) is 0 Å². The van der Waals surface area contributed by atoms with E-state index in [1.165, 1.54) is 6.33 Å². The number of anilines is 1. The Kier molecular flexibility index (Phi) is 12.8. The Labute approximate surface area is 276 Å². The first-order chi connectivity index (χ1) is 22.5. The summed E-state index contributed by atoms with van der Waals surface area (Å²) in [5, 5.41) is 21.3. The number of halogens is 1. The van der Waals surface area contributed by atoms with E-state index in [4.69, 9.17) is 14.2 Å². The third kappa shape index (κ3) is 8.92. The number of aromatic nitrogens is 3. The number of hydrogen-bond acceptors (Lipinski definition) is 12. The summed E-state index contributed by atoms with van der Waals surface area (Å²) in [4.78, 5) is 35.6. The lowest BCUT2D eigenvalue weighted by molar-refractivity contribution is -0.120. The Morgan fingerprint density at radius 3 is 2.66 bits per heavy atom. The summed E-state index contributed by atoms with van der Waals surface area (Å²) >= 11 is 0. The molecule has 3 heterocycles. The molecule has 260 valence electrons. The van der Waals surface area contributed by atoms with Gasteiger partial charge in [0, 0.05) is 69.9 Å². The first-order valence-corrected chi connectivity index (χ1v) is 16.5. The highest BCUT2D eigenvalue weighted by atomic mass is 19.1. The fourth-order valence-electron chi connectivity index (χ4n) is 6.83. The lowest BCUT2D eigenvalue weighted by Gasteiger charge is -2.53. The molecule has 13 nitrogen and oxygen atoms in total. The molecule has 0 unspecified atom stereocenters. The smallest absolute Gasteiger partial charge is 0.298 e. The van der Waals surface area contributed by atoms with Gasteiger partial charge in [-0.05, 0) is 58.6 Å². The largest absolute Gasteiger partial charge is 0.430 e. The average Bonchev–Trinajstić information content (AvgIpc) is 3.46. The topological polar surface area (TPSA) is 142 Å². The third-order valence-electron chi connectivity index (χ3n) is 9.07. The molecule has 0 radical (unpaired) electrons. The average molecular weight is 660 g/mol. The Balaban J connectivity index is 1.46. The van der Waals surface area contributed by atoms with E-state index in [2.05, 4.69) is 44.1 Å². The van der Waals surface area contributed by atoms with E-state index in [1.807, 2.05) is 20.8 Å². The van der Waals surface area contributed by atoms with Crippen LogP contribution in [-0.2, 0) is 9.53 Å². The third-order valence-corrected chi connectivity index (χ3v) is 9.07. The molecule has 1 aromatic heterocycles. The minimum Gasteiger partial charge on any atom is -0.430 e. The van der Waals surface area contributed by atoms with E-state index in [9.17, 15) is 19.1 Å². The molecule has 2 atom stereocenters. The predicted molar refractivity (Wildman–Crippen MR) is 174 cm³/mol. The van der Waals surface area contributed by atoms with Gasteiger partial charge in [-0.25, -0.2) is 9.37 Å². The molecule has 4 rings (SSSR count). The number of carbonyl (C=O) groups excluding carboxylic acids is 2. The standard InChI is InChI=1S/C33H50FN7O6/c1-7-41(23(4)5)32(44)26-13-24(34)14-28(46-21-42)29(26)47-31-30(36-20-37-38-31)39-12-10-33(17-39)18-40(19-33)27(22(2)3)9-8-11-35-15-25(43)16-45-6/h13-14,20-23,25,27,35,43H,7-12,15-19H2,1-6H3/t25-,27-/m1/s1. The van der Waals surface area contributed by atoms with Gasteiger partial charge in [-0.15, -0.1) is 10.2 Å². The van der Waals surface area contributed by atoms with Crippen LogP contribution in [0, 0.1) is 17.2 Å². The summed E-state index contributed by atoms with van der Waals surface area (Å²) in [6.45, 7) is 15.7. The molecule has 0 bridgehead atoms. The number of nitrogens with one attached hydrogen (secondary N) is 1. The van der Waals surface area contributed by atoms with Crippen molar-refractivity contribution in [2.45, 2.75) is 72.1 Å². The number of ether oxygens (including phenoxy) is 3. The van der Waals surface area contributed by atoms with Crippen LogP contribution >= 0.6 is 0 Å². The second-order valence-corrected chi connectivity index (χ2v) is 13.2. The minimum absolute atomic E-state index is 0.0351. The second-order valence-electron chi connectivity index (χ2n) is 13.2. The molecule has 2 saturated heterocycles. The van der Waals surface area contributed by atoms with Crippen molar-refractivity contribution in [3.05, 3.63) is 29.8 Å². The maximum atomic E-state index is 14.7. The van der Waals surface area contributed by atoms with Crippen LogP contribution in [0.25, 0.3) is 0 Å². The zero-order chi connectivity index (χ0) is 34.1. The first kappa shape index (κ1) is 36.4. The van der Waals surface area contributed by atoms with Gasteiger partial charge in [0.05, 0.1) is 18.3 Å². The van der Waals surface area contributed by atoms with Gasteiger partial charge in [-0.3, -0.25) is 14.5 Å². The molecular formula is C33H50FN7O6. The zero-order valence-corrected chi connectivity index (χ0v) is 28.4. The van der Waals surface area contributed by atoms with Crippen LogP contribution in [0.3, 0.4) is 0 Å². The summed E-state index contributed by atoms with van der Waals surface area (Å²) in [5.41, 5.74) is 0.00198. The molecule has 1 aromatic carbocycles. The van der Waals surface area contributed by atoms with E-state index >= 15 is 0 Å². The molecule has 1 spiro atoms. The molecule has 1 amide bonds. The van der Waals surface area contributed by atoms with Crippen LogP contribution in [0.4, 0.5) is 10.2 Å². The zero-order valence-electron chi connectivity index (χ0n) is 28.4. The number of hydrogen-bond donors (Lipinski definition) is 2. The number of aliphatic hydroxyl groups is 1. The fourth-order valence-corrected chi connectivity index (χ4v) is 6.83. The van der Waals surface area contributed by atoms with Crippen molar-refractivity contribution in [2.24, 2.45) is 11.3 Å². The van der Waals surface area contributed by atoms with E-state index in [-0.39, 0.29) is 40.9 Å². The highest BCUT2D eigenvalue weighted by Crippen LogP contribution is 2.45. The van der Waals surface area contributed by atoms with Gasteiger partial charge in [0.2, 0.25) is 0 Å². The van der Waals surface area contributed by atoms with Crippen LogP contribution in [0.5, 0.6) is 17.4 Å². The predicted octanol–water partition coefficient (Wildman–Crippen LogP) is 3.12. The summed E-state index contributed by atoms with van der Waals surface area (Å²) < 4.78 is 30.9. The van der Waals surface area contributed by atoms with Crippen LogP contribution in [-0.4, -0.2) is 120 Å². The van der Waals surface area contributed by atoms with Crippen LogP contribution in [0.15, 0.2) is 18.5 Å². The Morgan fingerprint density at radius 1 is 1.23 bits per heavy atom. The van der Waals surface area contributed by atoms with Crippen molar-refractivity contribution in [1.82, 2.24) is 30.3 Å². The number of amides is 1. The van der Waals surface area contributed by atoms with Gasteiger partial charge < -0.3 is 34.4 Å². The molecule has 2 aliphatic heterocycles. The molecule has 0 aliphatic carbocycles. The van der Waals surface area contributed by atoms with Crippen LogP contribution < -0.4 is 19.7 Å². The SMILES string of the molecule is CCN(C(=O)c1cc(F)cc(OC=O)c1Oc1nncnc1N1CCC2(C1)CN([C@H](CCCNC[C@@H](O)COC)C(C)C)C2)C(C)C. The molecular weight excluding hydrogens is 609 g/mol. The molecule has 2 N–H and O–H groups in total. The molecule has 2 aliphatic rings. The van der Waals surface area contributed by atoms with Crippen molar-refractivity contribution >= 4 is 18.2 Å². The number of aliphatic hydroxyl groups excluding tert-OH is 1. The van der Waals surface area contributed by atoms with Crippen LogP contribution in [0.1, 0.15) is 64.2 Å². The Bertz CT molecular complexity index is 1340. The van der Waals surface area contributed by atoms with Gasteiger partial charge in [0.15, 0.2) is 17.3 Å². The number of rotatable bonds is 18.